The van der Waals surface area contributed by atoms with E-state index in [0.29, 0.717) is 28.7 Å². The van der Waals surface area contributed by atoms with E-state index in [-0.39, 0.29) is 23.7 Å². The van der Waals surface area contributed by atoms with E-state index in [0.717, 1.165) is 19.3 Å². The summed E-state index contributed by atoms with van der Waals surface area (Å²) in [6.45, 7) is 2.14. The van der Waals surface area contributed by atoms with E-state index >= 15 is 0 Å². The number of amides is 2. The summed E-state index contributed by atoms with van der Waals surface area (Å²) < 4.78 is 5.94. The molecule has 1 saturated heterocycles. The summed E-state index contributed by atoms with van der Waals surface area (Å²) in [7, 11) is 0. The Balaban J connectivity index is 1.65. The van der Waals surface area contributed by atoms with Crippen LogP contribution in [-0.2, 0) is 9.59 Å². The van der Waals surface area contributed by atoms with Crippen molar-refractivity contribution < 1.29 is 14.3 Å². The molecule has 5 heteroatoms. The smallest absolute Gasteiger partial charge is 0.237 e. The number of anilines is 1. The van der Waals surface area contributed by atoms with Crippen LogP contribution in [0.1, 0.15) is 31.7 Å². The Hall–Kier alpha value is -3.13. The average molecular weight is 360 g/mol. The van der Waals surface area contributed by atoms with Crippen LogP contribution in [-0.4, -0.2) is 11.8 Å². The molecule has 2 aliphatic rings. The molecule has 1 aliphatic heterocycles. The molecule has 1 aliphatic carbocycles. The monoisotopic (exact) mass is 360 g/mol. The molecule has 2 aromatic carbocycles. The molecule has 0 N–H and O–H groups in total. The Morgan fingerprint density at radius 1 is 1.00 bits per heavy atom. The first kappa shape index (κ1) is 17.3. The van der Waals surface area contributed by atoms with Gasteiger partial charge in [-0.05, 0) is 61.6 Å². The first-order valence-electron chi connectivity index (χ1n) is 9.23. The van der Waals surface area contributed by atoms with Crippen LogP contribution >= 0.6 is 0 Å². The average Bonchev–Trinajstić information content (AvgIpc) is 2.93. The molecular formula is C22H20N2O3. The van der Waals surface area contributed by atoms with Gasteiger partial charge in [-0.15, -0.1) is 0 Å². The van der Waals surface area contributed by atoms with E-state index in [1.807, 2.05) is 6.07 Å². The number of para-hydroxylation sites is 2. The molecule has 3 atom stereocenters. The molecule has 5 nitrogen and oxygen atoms in total. The van der Waals surface area contributed by atoms with Crippen LogP contribution in [0.2, 0.25) is 0 Å². The molecule has 2 fully saturated rings. The summed E-state index contributed by atoms with van der Waals surface area (Å²) in [5.74, 6) is 0.802. The minimum Gasteiger partial charge on any atom is -0.455 e. The number of hydrogen-bond acceptors (Lipinski definition) is 4. The van der Waals surface area contributed by atoms with Gasteiger partial charge in [0.15, 0.2) is 5.75 Å². The number of carbonyl (C=O) groups excluding carboxylic acids is 2. The molecule has 0 bridgehead atoms. The van der Waals surface area contributed by atoms with Gasteiger partial charge in [-0.3, -0.25) is 9.59 Å². The fourth-order valence-corrected chi connectivity index (χ4v) is 4.08. The van der Waals surface area contributed by atoms with Gasteiger partial charge in [0.1, 0.15) is 5.75 Å². The van der Waals surface area contributed by atoms with Gasteiger partial charge in [0.25, 0.3) is 0 Å². The first-order chi connectivity index (χ1) is 13.1. The molecule has 0 spiro atoms. The fourth-order valence-electron chi connectivity index (χ4n) is 4.08. The van der Waals surface area contributed by atoms with E-state index in [4.69, 9.17) is 10.00 Å². The lowest BCUT2D eigenvalue weighted by Gasteiger charge is -2.25. The summed E-state index contributed by atoms with van der Waals surface area (Å²) in [5, 5.41) is 8.91. The molecule has 2 aromatic rings. The number of fused-ring (bicyclic) bond motifs is 1. The lowest BCUT2D eigenvalue weighted by molar-refractivity contribution is -0.122. The van der Waals surface area contributed by atoms with Crippen molar-refractivity contribution in [2.75, 3.05) is 4.90 Å². The van der Waals surface area contributed by atoms with Crippen molar-refractivity contribution >= 4 is 17.5 Å². The number of imide groups is 1. The highest BCUT2D eigenvalue weighted by Crippen LogP contribution is 2.44. The second kappa shape index (κ2) is 6.88. The van der Waals surface area contributed by atoms with Crippen molar-refractivity contribution in [3.05, 3.63) is 54.1 Å². The largest absolute Gasteiger partial charge is 0.455 e. The van der Waals surface area contributed by atoms with Crippen molar-refractivity contribution in [1.82, 2.24) is 0 Å². The Kier molecular flexibility index (Phi) is 4.41. The number of rotatable bonds is 3. The Morgan fingerprint density at radius 3 is 2.44 bits per heavy atom. The van der Waals surface area contributed by atoms with Crippen molar-refractivity contribution in [3.8, 4) is 17.6 Å². The molecular weight excluding hydrogens is 340 g/mol. The Morgan fingerprint density at radius 2 is 1.70 bits per heavy atom. The van der Waals surface area contributed by atoms with Gasteiger partial charge in [-0.25, -0.2) is 4.90 Å². The lowest BCUT2D eigenvalue weighted by atomic mass is 9.76. The van der Waals surface area contributed by atoms with E-state index in [2.05, 4.69) is 13.0 Å². The van der Waals surface area contributed by atoms with Gasteiger partial charge in [0, 0.05) is 0 Å². The van der Waals surface area contributed by atoms with Crippen LogP contribution in [0, 0.1) is 29.1 Å². The number of nitrogens with zero attached hydrogens (tertiary/aromatic N) is 2. The molecule has 0 radical (unpaired) electrons. The van der Waals surface area contributed by atoms with Gasteiger partial charge in [0.2, 0.25) is 11.8 Å². The van der Waals surface area contributed by atoms with E-state index in [9.17, 15) is 9.59 Å². The van der Waals surface area contributed by atoms with Gasteiger partial charge in [-0.1, -0.05) is 19.1 Å². The number of ether oxygens (including phenoxy) is 1. The third-order valence-electron chi connectivity index (χ3n) is 5.51. The van der Waals surface area contributed by atoms with Gasteiger partial charge in [-0.2, -0.15) is 5.26 Å². The Labute approximate surface area is 158 Å². The summed E-state index contributed by atoms with van der Waals surface area (Å²) >= 11 is 0. The van der Waals surface area contributed by atoms with Crippen LogP contribution in [0.25, 0.3) is 0 Å². The molecule has 27 heavy (non-hydrogen) atoms. The molecule has 2 amide bonds. The predicted octanol–water partition coefficient (Wildman–Crippen LogP) is 4.28. The lowest BCUT2D eigenvalue weighted by Crippen LogP contribution is -2.31. The molecule has 136 valence electrons. The topological polar surface area (TPSA) is 70.4 Å². The highest BCUT2D eigenvalue weighted by molar-refractivity contribution is 6.22. The van der Waals surface area contributed by atoms with Crippen molar-refractivity contribution in [3.63, 3.8) is 0 Å². The van der Waals surface area contributed by atoms with Crippen LogP contribution in [0.15, 0.2) is 48.5 Å². The van der Waals surface area contributed by atoms with Crippen molar-refractivity contribution in [2.24, 2.45) is 17.8 Å². The van der Waals surface area contributed by atoms with Crippen LogP contribution in [0.5, 0.6) is 11.5 Å². The van der Waals surface area contributed by atoms with Crippen LogP contribution < -0.4 is 9.64 Å². The maximum absolute atomic E-state index is 13.0. The molecule has 4 rings (SSSR count). The minimum atomic E-state index is -0.218. The quantitative estimate of drug-likeness (QED) is 0.766. The van der Waals surface area contributed by atoms with Gasteiger partial charge >= 0.3 is 0 Å². The van der Waals surface area contributed by atoms with Gasteiger partial charge < -0.3 is 4.74 Å². The predicted molar refractivity (Wildman–Crippen MR) is 100 cm³/mol. The molecule has 0 aromatic heterocycles. The normalized spacial score (nSPS) is 24.4. The minimum absolute atomic E-state index is 0.118. The third-order valence-corrected chi connectivity index (χ3v) is 5.51. The van der Waals surface area contributed by atoms with Crippen molar-refractivity contribution in [2.45, 2.75) is 26.2 Å². The first-order valence-corrected chi connectivity index (χ1v) is 9.23. The van der Waals surface area contributed by atoms with Crippen molar-refractivity contribution in [1.29, 1.82) is 5.26 Å². The zero-order valence-corrected chi connectivity index (χ0v) is 15.1. The maximum atomic E-state index is 13.0. The van der Waals surface area contributed by atoms with E-state index < -0.39 is 0 Å². The molecule has 1 heterocycles. The molecule has 3 unspecified atom stereocenters. The van der Waals surface area contributed by atoms with Gasteiger partial charge in [0.05, 0.1) is 29.2 Å². The number of hydrogen-bond donors (Lipinski definition) is 0. The van der Waals surface area contributed by atoms with Crippen LogP contribution in [0.4, 0.5) is 5.69 Å². The second-order valence-corrected chi connectivity index (χ2v) is 7.35. The third kappa shape index (κ3) is 3.08. The number of benzene rings is 2. The zero-order valence-electron chi connectivity index (χ0n) is 15.1. The highest BCUT2D eigenvalue weighted by Gasteiger charge is 2.50. The number of carbonyl (C=O) groups is 2. The Bertz CT molecular complexity index is 929. The van der Waals surface area contributed by atoms with E-state index in [1.165, 1.54) is 4.90 Å². The number of nitriles is 1. The summed E-state index contributed by atoms with van der Waals surface area (Å²) in [6.07, 6.45) is 2.52. The summed E-state index contributed by atoms with van der Waals surface area (Å²) in [4.78, 5) is 27.3. The fraction of sp³-hybridized carbons (Fsp3) is 0.318. The molecule has 1 saturated carbocycles. The second-order valence-electron chi connectivity index (χ2n) is 7.35. The standard InChI is InChI=1S/C22H20N2O3/c1-14-6-11-17-18(12-14)22(26)24(21(17)25)19-4-2-3-5-20(19)27-16-9-7-15(13-23)8-10-16/h2-5,7-10,14,17-18H,6,11-12H2,1H3. The maximum Gasteiger partial charge on any atom is 0.237 e. The zero-order chi connectivity index (χ0) is 19.0. The summed E-state index contributed by atoms with van der Waals surface area (Å²) in [5.41, 5.74) is 1.03. The SMILES string of the molecule is CC1CCC2C(=O)N(c3ccccc3Oc3ccc(C#N)cc3)C(=O)C2C1. The summed E-state index contributed by atoms with van der Waals surface area (Å²) in [6, 6.07) is 15.9. The van der Waals surface area contributed by atoms with Crippen LogP contribution in [0.3, 0.4) is 0 Å². The van der Waals surface area contributed by atoms with E-state index in [1.54, 1.807) is 42.5 Å². The highest BCUT2D eigenvalue weighted by atomic mass is 16.5.